The predicted molar refractivity (Wildman–Crippen MR) is 85.8 cm³/mol. The van der Waals surface area contributed by atoms with Gasteiger partial charge in [-0.25, -0.2) is 9.97 Å². The Balaban J connectivity index is 1.74. The van der Waals surface area contributed by atoms with Gasteiger partial charge in [0.15, 0.2) is 0 Å². The summed E-state index contributed by atoms with van der Waals surface area (Å²) in [4.78, 5) is 20.8. The van der Waals surface area contributed by atoms with Gasteiger partial charge in [0.05, 0.1) is 7.11 Å². The van der Waals surface area contributed by atoms with Crippen molar-refractivity contribution in [3.05, 3.63) is 48.0 Å². The second-order valence-electron chi connectivity index (χ2n) is 5.40. The summed E-state index contributed by atoms with van der Waals surface area (Å²) in [5.74, 6) is 0.762. The average molecular weight is 313 g/mol. The normalized spacial score (nSPS) is 15.2. The van der Waals surface area contributed by atoms with Gasteiger partial charge in [0, 0.05) is 36.6 Å². The van der Waals surface area contributed by atoms with E-state index in [9.17, 15) is 4.79 Å². The van der Waals surface area contributed by atoms with Crippen LogP contribution in [-0.2, 0) is 4.74 Å². The molecule has 120 valence electrons. The van der Waals surface area contributed by atoms with Crippen LogP contribution >= 0.6 is 0 Å². The Bertz CT molecular complexity index is 684. The number of rotatable bonds is 4. The third-order valence-corrected chi connectivity index (χ3v) is 3.89. The minimum absolute atomic E-state index is 0.256. The van der Waals surface area contributed by atoms with E-state index >= 15 is 0 Å². The van der Waals surface area contributed by atoms with Crippen LogP contribution in [0.15, 0.2) is 36.7 Å². The number of methoxy groups -OCH3 is 1. The fraction of sp³-hybridized carbons (Fsp3) is 0.353. The molecule has 0 saturated carbocycles. The van der Waals surface area contributed by atoms with Crippen molar-refractivity contribution in [2.75, 3.05) is 25.6 Å². The van der Waals surface area contributed by atoms with Crippen molar-refractivity contribution in [2.45, 2.75) is 18.8 Å². The van der Waals surface area contributed by atoms with Crippen LogP contribution in [-0.4, -0.2) is 36.2 Å². The summed E-state index contributed by atoms with van der Waals surface area (Å²) >= 11 is 0. The van der Waals surface area contributed by atoms with Crippen molar-refractivity contribution in [3.63, 3.8) is 0 Å². The predicted octanol–water partition coefficient (Wildman–Crippen LogP) is 2.63. The molecule has 0 radical (unpaired) electrons. The lowest BCUT2D eigenvalue weighted by atomic mass is 9.96. The van der Waals surface area contributed by atoms with Gasteiger partial charge in [0.25, 0.3) is 5.91 Å². The molecule has 1 saturated heterocycles. The molecule has 6 nitrogen and oxygen atoms in total. The van der Waals surface area contributed by atoms with Crippen LogP contribution in [0, 0.1) is 0 Å². The molecule has 2 aromatic rings. The Hall–Kier alpha value is -2.47. The molecule has 1 aromatic heterocycles. The Morgan fingerprint density at radius 3 is 2.87 bits per heavy atom. The Morgan fingerprint density at radius 1 is 1.26 bits per heavy atom. The van der Waals surface area contributed by atoms with Crippen LogP contribution < -0.4 is 10.1 Å². The zero-order valence-electron chi connectivity index (χ0n) is 13.0. The number of ether oxygens (including phenoxy) is 2. The zero-order valence-corrected chi connectivity index (χ0v) is 13.0. The minimum Gasteiger partial charge on any atom is -0.497 e. The molecule has 1 aromatic carbocycles. The van der Waals surface area contributed by atoms with Crippen molar-refractivity contribution in [2.24, 2.45) is 0 Å². The highest BCUT2D eigenvalue weighted by Gasteiger charge is 2.19. The van der Waals surface area contributed by atoms with Crippen molar-refractivity contribution >= 4 is 11.6 Å². The second-order valence-corrected chi connectivity index (χ2v) is 5.40. The molecule has 2 heterocycles. The number of nitrogens with zero attached hydrogens (tertiary/aromatic N) is 2. The van der Waals surface area contributed by atoms with Gasteiger partial charge in [-0.3, -0.25) is 4.79 Å². The summed E-state index contributed by atoms with van der Waals surface area (Å²) in [5, 5.41) is 2.83. The maximum absolute atomic E-state index is 12.4. The first-order valence-electron chi connectivity index (χ1n) is 7.61. The number of carbonyl (C=O) groups is 1. The summed E-state index contributed by atoms with van der Waals surface area (Å²) in [6.07, 6.45) is 3.30. The molecule has 1 amide bonds. The van der Waals surface area contributed by atoms with Gasteiger partial charge in [0.1, 0.15) is 17.8 Å². The van der Waals surface area contributed by atoms with Gasteiger partial charge in [-0.1, -0.05) is 6.07 Å². The summed E-state index contributed by atoms with van der Waals surface area (Å²) in [6, 6.07) is 8.98. The van der Waals surface area contributed by atoms with E-state index in [1.54, 1.807) is 25.3 Å². The van der Waals surface area contributed by atoms with Crippen LogP contribution in [0.25, 0.3) is 0 Å². The molecular formula is C17H19N3O3. The highest BCUT2D eigenvalue weighted by molar-refractivity contribution is 6.02. The van der Waals surface area contributed by atoms with Gasteiger partial charge >= 0.3 is 0 Å². The maximum atomic E-state index is 12.4. The van der Waals surface area contributed by atoms with E-state index in [1.165, 1.54) is 6.33 Å². The smallest absolute Gasteiger partial charge is 0.274 e. The standard InChI is InChI=1S/C17H19N3O3/c1-22-14-4-2-3-13(9-14)20-17(21)16-10-15(18-11-19-16)12-5-7-23-8-6-12/h2-4,9-12H,5-8H2,1H3,(H,20,21). The van der Waals surface area contributed by atoms with E-state index < -0.39 is 0 Å². The average Bonchev–Trinajstić information content (AvgIpc) is 2.63. The number of hydrogen-bond donors (Lipinski definition) is 1. The van der Waals surface area contributed by atoms with E-state index in [1.807, 2.05) is 12.1 Å². The first kappa shape index (κ1) is 15.4. The van der Waals surface area contributed by atoms with E-state index in [4.69, 9.17) is 9.47 Å². The molecule has 0 aliphatic carbocycles. The lowest BCUT2D eigenvalue weighted by Gasteiger charge is -2.21. The van der Waals surface area contributed by atoms with E-state index in [0.717, 1.165) is 31.7 Å². The number of amides is 1. The molecule has 0 unspecified atom stereocenters. The maximum Gasteiger partial charge on any atom is 0.274 e. The lowest BCUT2D eigenvalue weighted by molar-refractivity contribution is 0.0844. The van der Waals surface area contributed by atoms with Crippen LogP contribution in [0.4, 0.5) is 5.69 Å². The summed E-state index contributed by atoms with van der Waals surface area (Å²) in [5.41, 5.74) is 1.93. The fourth-order valence-electron chi connectivity index (χ4n) is 2.61. The van der Waals surface area contributed by atoms with E-state index in [2.05, 4.69) is 15.3 Å². The van der Waals surface area contributed by atoms with Crippen LogP contribution in [0.1, 0.15) is 34.9 Å². The second kappa shape index (κ2) is 7.19. The quantitative estimate of drug-likeness (QED) is 0.939. The van der Waals surface area contributed by atoms with Gasteiger partial charge in [-0.05, 0) is 31.0 Å². The first-order chi connectivity index (χ1) is 11.3. The van der Waals surface area contributed by atoms with Crippen LogP contribution in [0.2, 0.25) is 0 Å². The number of carbonyl (C=O) groups excluding carboxylic acids is 1. The lowest BCUT2D eigenvalue weighted by Crippen LogP contribution is -2.18. The molecule has 0 atom stereocenters. The minimum atomic E-state index is -0.256. The van der Waals surface area contributed by atoms with Crippen LogP contribution in [0.5, 0.6) is 5.75 Å². The van der Waals surface area contributed by atoms with Gasteiger partial charge in [-0.15, -0.1) is 0 Å². The molecule has 23 heavy (non-hydrogen) atoms. The van der Waals surface area contributed by atoms with E-state index in [-0.39, 0.29) is 5.91 Å². The molecule has 1 fully saturated rings. The Morgan fingerprint density at radius 2 is 2.09 bits per heavy atom. The van der Waals surface area contributed by atoms with Crippen molar-refractivity contribution in [3.8, 4) is 5.75 Å². The van der Waals surface area contributed by atoms with E-state index in [0.29, 0.717) is 23.0 Å². The molecule has 0 bridgehead atoms. The van der Waals surface area contributed by atoms with Crippen molar-refractivity contribution in [1.29, 1.82) is 0 Å². The number of benzene rings is 1. The van der Waals surface area contributed by atoms with Crippen molar-refractivity contribution < 1.29 is 14.3 Å². The third-order valence-electron chi connectivity index (χ3n) is 3.89. The SMILES string of the molecule is COc1cccc(NC(=O)c2cc(C3CCOCC3)ncn2)c1. The number of hydrogen-bond acceptors (Lipinski definition) is 5. The molecule has 1 N–H and O–H groups in total. The van der Waals surface area contributed by atoms with Gasteiger partial charge in [0.2, 0.25) is 0 Å². The zero-order chi connectivity index (χ0) is 16.1. The molecule has 3 rings (SSSR count). The van der Waals surface area contributed by atoms with Crippen LogP contribution in [0.3, 0.4) is 0 Å². The number of aromatic nitrogens is 2. The Labute approximate surface area is 134 Å². The molecule has 6 heteroatoms. The van der Waals surface area contributed by atoms with Gasteiger partial charge in [-0.2, -0.15) is 0 Å². The monoisotopic (exact) mass is 313 g/mol. The first-order valence-corrected chi connectivity index (χ1v) is 7.61. The van der Waals surface area contributed by atoms with Crippen molar-refractivity contribution in [1.82, 2.24) is 9.97 Å². The third kappa shape index (κ3) is 3.84. The molecule has 1 aliphatic rings. The topological polar surface area (TPSA) is 73.3 Å². The highest BCUT2D eigenvalue weighted by atomic mass is 16.5. The highest BCUT2D eigenvalue weighted by Crippen LogP contribution is 2.25. The molecule has 0 spiro atoms. The largest absolute Gasteiger partial charge is 0.497 e. The Kier molecular flexibility index (Phi) is 4.83. The summed E-state index contributed by atoms with van der Waals surface area (Å²) < 4.78 is 10.5. The summed E-state index contributed by atoms with van der Waals surface area (Å²) in [7, 11) is 1.59. The number of anilines is 1. The number of nitrogens with one attached hydrogen (secondary N) is 1. The van der Waals surface area contributed by atoms with Gasteiger partial charge < -0.3 is 14.8 Å². The molecular weight excluding hydrogens is 294 g/mol. The fourth-order valence-corrected chi connectivity index (χ4v) is 2.61. The summed E-state index contributed by atoms with van der Waals surface area (Å²) in [6.45, 7) is 1.47. The molecule has 1 aliphatic heterocycles.